The minimum atomic E-state index is 0. The zero-order valence-electron chi connectivity index (χ0n) is 55.8. The predicted octanol–water partition coefficient (Wildman–Crippen LogP) is 17.1. The summed E-state index contributed by atoms with van der Waals surface area (Å²) in [6.07, 6.45) is 17.2. The molecule has 5 rings (SSSR count). The summed E-state index contributed by atoms with van der Waals surface area (Å²) < 4.78 is 0. The van der Waals surface area contributed by atoms with Crippen molar-refractivity contribution < 1.29 is 9.98 Å². The van der Waals surface area contributed by atoms with Gasteiger partial charge in [0.15, 0.2) is 11.4 Å². The Kier molecular flexibility index (Phi) is 40.5. The number of nitrogens with zero attached hydrogens (tertiary/aromatic N) is 4. The van der Waals surface area contributed by atoms with Crippen LogP contribution in [0.25, 0.3) is 10.6 Å². The number of allylic oxidation sites excluding steroid dienone is 4. The molecule has 0 bridgehead atoms. The van der Waals surface area contributed by atoms with Crippen LogP contribution in [-0.4, -0.2) is 109 Å². The van der Waals surface area contributed by atoms with Crippen molar-refractivity contribution in [3.05, 3.63) is 201 Å². The van der Waals surface area contributed by atoms with Crippen molar-refractivity contribution in [1.82, 2.24) is 9.80 Å². The first kappa shape index (κ1) is 79.2. The molecular weight excluding hydrogens is 1020 g/mol. The van der Waals surface area contributed by atoms with E-state index in [9.17, 15) is 0 Å². The molecule has 0 radical (unpaired) electrons. The average Bonchev–Trinajstić information content (AvgIpc) is 3.37. The number of benzene rings is 5. The van der Waals surface area contributed by atoms with Crippen LogP contribution in [0.15, 0.2) is 133 Å². The molecule has 8 heteroatoms. The zero-order chi connectivity index (χ0) is 60.8. The van der Waals surface area contributed by atoms with Crippen LogP contribution in [0.5, 0.6) is 0 Å². The molecular formula is C74H106Mg2N6+2. The Morgan fingerprint density at radius 3 is 0.732 bits per heavy atom. The Hall–Kier alpha value is -4.91. The zero-order valence-corrected chi connectivity index (χ0v) is 58.6. The van der Waals surface area contributed by atoms with E-state index in [1.54, 1.807) is 0 Å². The summed E-state index contributed by atoms with van der Waals surface area (Å²) in [5.74, 6) is 8.14. The molecule has 2 N–H and O–H groups in total. The molecule has 0 unspecified atom stereocenters. The van der Waals surface area contributed by atoms with Gasteiger partial charge >= 0.3 is 46.1 Å². The SMILES string of the molecule is CC(/C=C(/C)[N-]c1c(C(C)C)cccc1C(C)C)=[NH+]c1c(C(C)C)cccc1C(C)C.CC(/C=C(/C)[N-]c1c(C(C)C)cccc1C(C)C)=[NH+]c1c(C(C)C)cccc1C(C)C.[C-]#CCN(C)C.[C-]#CCN(C)C.[Mg+2].[Mg+2].c1ccccc1. The summed E-state index contributed by atoms with van der Waals surface area (Å²) in [6, 6.07) is 38.5. The molecule has 0 saturated carbocycles. The van der Waals surface area contributed by atoms with Crippen molar-refractivity contribution in [1.29, 1.82) is 0 Å². The molecule has 6 nitrogen and oxygen atoms in total. The van der Waals surface area contributed by atoms with Crippen molar-refractivity contribution >= 4 is 80.3 Å². The maximum Gasteiger partial charge on any atom is 2.00 e. The van der Waals surface area contributed by atoms with Gasteiger partial charge in [-0.25, -0.2) is 9.98 Å². The molecule has 0 aliphatic rings. The van der Waals surface area contributed by atoms with Crippen molar-refractivity contribution in [2.24, 2.45) is 0 Å². The van der Waals surface area contributed by atoms with Gasteiger partial charge in [0.2, 0.25) is 11.4 Å². The van der Waals surface area contributed by atoms with E-state index in [-0.39, 0.29) is 46.1 Å². The topological polar surface area (TPSA) is 62.6 Å². The Balaban J connectivity index is 0. The van der Waals surface area contributed by atoms with Gasteiger partial charge in [-0.3, -0.25) is 0 Å². The largest absolute Gasteiger partial charge is 2.00 e. The van der Waals surface area contributed by atoms with Crippen LogP contribution >= 0.6 is 0 Å². The van der Waals surface area contributed by atoms with Crippen LogP contribution in [0.1, 0.15) is 230 Å². The van der Waals surface area contributed by atoms with Crippen LogP contribution in [0.2, 0.25) is 0 Å². The second-order valence-corrected chi connectivity index (χ2v) is 23.8. The van der Waals surface area contributed by atoms with Crippen LogP contribution in [0.4, 0.5) is 22.7 Å². The Bertz CT molecular complexity index is 2500. The van der Waals surface area contributed by atoms with Gasteiger partial charge in [0.25, 0.3) is 0 Å². The van der Waals surface area contributed by atoms with E-state index in [0.29, 0.717) is 60.4 Å². The molecule has 0 spiro atoms. The van der Waals surface area contributed by atoms with Crippen LogP contribution < -0.4 is 9.98 Å². The number of para-hydroxylation sites is 4. The van der Waals surface area contributed by atoms with Crippen molar-refractivity contribution in [3.8, 4) is 11.8 Å². The second kappa shape index (κ2) is 42.0. The fourth-order valence-electron chi connectivity index (χ4n) is 8.88. The van der Waals surface area contributed by atoms with Crippen LogP contribution in [0.3, 0.4) is 0 Å². The standard InChI is InChI=1S/2C29H41N2.C6H6.2C5H8N.2Mg/c2*1-18(2)24-13-11-14-25(19(3)4)28(24)30-22(9)17-23(10)31-29-26(20(5)6)15-12-16-27(29)21(7)8;1-2-4-6-5-3-1;2*1-4-5-6(2)3;;/h2*11-21H,1-10H3;1-6H;2*5H2,2-3H3;;/q2*-1;;2*-1;2*+2/p+2/b2*22-17-,31-23?;;;;;. The number of rotatable bonds is 18. The van der Waals surface area contributed by atoms with Crippen LogP contribution in [0, 0.1) is 24.7 Å². The Morgan fingerprint density at radius 1 is 0.378 bits per heavy atom. The summed E-state index contributed by atoms with van der Waals surface area (Å²) in [5, 5.41) is 10.2. The first-order valence-electron chi connectivity index (χ1n) is 29.2. The van der Waals surface area contributed by atoms with E-state index in [4.69, 9.17) is 23.5 Å². The fourth-order valence-corrected chi connectivity index (χ4v) is 8.88. The van der Waals surface area contributed by atoms with E-state index in [1.165, 1.54) is 55.9 Å². The molecule has 0 amide bonds. The minimum Gasteiger partial charge on any atom is -0.692 e. The van der Waals surface area contributed by atoms with E-state index in [0.717, 1.165) is 34.2 Å². The normalized spacial score (nSPS) is 11.7. The molecule has 0 aliphatic carbocycles. The van der Waals surface area contributed by atoms with E-state index in [1.807, 2.05) is 74.4 Å². The summed E-state index contributed by atoms with van der Waals surface area (Å²) in [4.78, 5) is 11.2. The number of nitrogens with one attached hydrogen (secondary N) is 2. The van der Waals surface area contributed by atoms with Gasteiger partial charge < -0.3 is 45.1 Å². The molecule has 0 aromatic heterocycles. The molecule has 82 heavy (non-hydrogen) atoms. The maximum atomic E-state index is 6.44. The molecule has 0 saturated heterocycles. The van der Waals surface area contributed by atoms with Gasteiger partial charge in [-0.1, -0.05) is 256 Å². The molecule has 0 aliphatic heterocycles. The Labute approximate surface area is 535 Å². The van der Waals surface area contributed by atoms with Crippen molar-refractivity contribution in [2.75, 3.05) is 41.3 Å². The van der Waals surface area contributed by atoms with E-state index in [2.05, 4.69) is 245 Å². The predicted molar refractivity (Wildman–Crippen MR) is 364 cm³/mol. The first-order valence-corrected chi connectivity index (χ1v) is 29.2. The minimum absolute atomic E-state index is 0. The number of hydrogen-bond acceptors (Lipinski definition) is 2. The first-order chi connectivity index (χ1) is 37.6. The fraction of sp³-hybridized carbons (Fsp3) is 0.459. The second-order valence-electron chi connectivity index (χ2n) is 23.8. The quantitative estimate of drug-likeness (QED) is 0.0397. The summed E-state index contributed by atoms with van der Waals surface area (Å²) in [6.45, 7) is 45.7. The van der Waals surface area contributed by atoms with Crippen LogP contribution in [-0.2, 0) is 0 Å². The molecule has 0 atom stereocenters. The van der Waals surface area contributed by atoms with Gasteiger partial charge in [0.05, 0.1) is 0 Å². The van der Waals surface area contributed by atoms with E-state index < -0.39 is 0 Å². The van der Waals surface area contributed by atoms with Gasteiger partial charge in [0.1, 0.15) is 0 Å². The van der Waals surface area contributed by atoms with Gasteiger partial charge in [-0.05, 0) is 87.7 Å². The molecule has 0 fully saturated rings. The Morgan fingerprint density at radius 2 is 0.573 bits per heavy atom. The summed E-state index contributed by atoms with van der Waals surface area (Å²) in [5.41, 5.74) is 19.8. The molecule has 5 aromatic carbocycles. The number of hydrogen-bond donors (Lipinski definition) is 2. The third-order valence-corrected chi connectivity index (χ3v) is 13.0. The van der Waals surface area contributed by atoms with Crippen molar-refractivity contribution in [3.63, 3.8) is 0 Å². The molecule has 5 aromatic rings. The summed E-state index contributed by atoms with van der Waals surface area (Å²) >= 11 is 0. The van der Waals surface area contributed by atoms with Gasteiger partial charge in [-0.15, -0.1) is 11.4 Å². The third-order valence-electron chi connectivity index (χ3n) is 13.0. The molecule has 434 valence electrons. The average molecular weight is 1130 g/mol. The van der Waals surface area contributed by atoms with Crippen molar-refractivity contribution in [2.45, 2.75) is 186 Å². The summed E-state index contributed by atoms with van der Waals surface area (Å²) in [7, 11) is 7.62. The van der Waals surface area contributed by atoms with Gasteiger partial charge in [0, 0.05) is 49.2 Å². The molecule has 0 heterocycles. The maximum absolute atomic E-state index is 6.44. The monoisotopic (exact) mass is 1130 g/mol. The third kappa shape index (κ3) is 29.1. The van der Waals surface area contributed by atoms with Gasteiger partial charge in [-0.2, -0.15) is 11.4 Å². The smallest absolute Gasteiger partial charge is 0.692 e. The van der Waals surface area contributed by atoms with E-state index >= 15 is 0 Å².